The first-order valence-electron chi connectivity index (χ1n) is 12.0. The molecule has 2 aromatic rings. The fourth-order valence-corrected chi connectivity index (χ4v) is 4.06. The normalized spacial score (nSPS) is 22.8. The van der Waals surface area contributed by atoms with Crippen LogP contribution in [0.25, 0.3) is 5.65 Å². The summed E-state index contributed by atoms with van der Waals surface area (Å²) in [5, 5.41) is 0. The van der Waals surface area contributed by atoms with Crippen molar-refractivity contribution in [1.82, 2.24) is 9.38 Å². The van der Waals surface area contributed by atoms with Crippen molar-refractivity contribution in [2.24, 2.45) is 0 Å². The highest BCUT2D eigenvalue weighted by Gasteiger charge is 2.53. The molecule has 1 fully saturated rings. The number of pyridine rings is 1. The van der Waals surface area contributed by atoms with Crippen molar-refractivity contribution in [1.29, 1.82) is 0 Å². The maximum Gasteiger partial charge on any atom is 0.303 e. The highest BCUT2D eigenvalue weighted by molar-refractivity contribution is 5.68. The van der Waals surface area contributed by atoms with Crippen LogP contribution in [0, 0.1) is 0 Å². The van der Waals surface area contributed by atoms with Gasteiger partial charge in [-0.3, -0.25) is 28.4 Å². The molecule has 1 saturated heterocycles. The van der Waals surface area contributed by atoms with Gasteiger partial charge >= 0.3 is 23.9 Å². The zero-order valence-electron chi connectivity index (χ0n) is 21.7. The van der Waals surface area contributed by atoms with E-state index in [1.807, 2.05) is 6.92 Å². The lowest BCUT2D eigenvalue weighted by Crippen LogP contribution is -2.63. The molecule has 38 heavy (non-hydrogen) atoms. The summed E-state index contributed by atoms with van der Waals surface area (Å²) in [5.74, 6) is -2.82. The molecule has 0 saturated carbocycles. The molecule has 5 atom stereocenters. The smallest absolute Gasteiger partial charge is 0.303 e. The van der Waals surface area contributed by atoms with E-state index in [2.05, 4.69) is 4.98 Å². The molecule has 13 nitrogen and oxygen atoms in total. The molecule has 5 unspecified atom stereocenters. The largest absolute Gasteiger partial charge is 0.463 e. The first-order chi connectivity index (χ1) is 18.0. The molecule has 2 aromatic heterocycles. The second-order valence-corrected chi connectivity index (χ2v) is 8.59. The second-order valence-electron chi connectivity index (χ2n) is 8.59. The zero-order valence-corrected chi connectivity index (χ0v) is 21.7. The molecule has 3 rings (SSSR count). The van der Waals surface area contributed by atoms with E-state index in [1.165, 1.54) is 29.8 Å². The Hall–Kier alpha value is -4.00. The van der Waals surface area contributed by atoms with Crippen LogP contribution < -0.4 is 10.3 Å². The maximum atomic E-state index is 12.9. The molecule has 0 amide bonds. The lowest BCUT2D eigenvalue weighted by Gasteiger charge is -2.43. The van der Waals surface area contributed by atoms with Crippen LogP contribution in [-0.4, -0.2) is 70.6 Å². The Labute approximate surface area is 217 Å². The Balaban J connectivity index is 2.07. The van der Waals surface area contributed by atoms with E-state index in [4.69, 9.17) is 28.4 Å². The monoisotopic (exact) mass is 534 g/mol. The summed E-state index contributed by atoms with van der Waals surface area (Å²) in [6.45, 7) is 6.10. The van der Waals surface area contributed by atoms with Gasteiger partial charge in [0.2, 0.25) is 12.4 Å². The summed E-state index contributed by atoms with van der Waals surface area (Å²) in [6, 6.07) is 3.09. The van der Waals surface area contributed by atoms with Gasteiger partial charge in [-0.1, -0.05) is 13.3 Å². The molecule has 206 valence electrons. The van der Waals surface area contributed by atoms with Gasteiger partial charge in [-0.05, 0) is 18.6 Å². The van der Waals surface area contributed by atoms with Crippen LogP contribution in [0.4, 0.5) is 0 Å². The Kier molecular flexibility index (Phi) is 9.40. The minimum Gasteiger partial charge on any atom is -0.463 e. The van der Waals surface area contributed by atoms with Gasteiger partial charge in [0.1, 0.15) is 12.7 Å². The van der Waals surface area contributed by atoms with E-state index in [9.17, 15) is 24.0 Å². The Bertz CT molecular complexity index is 1260. The summed E-state index contributed by atoms with van der Waals surface area (Å²) in [6.07, 6.45) is -2.46. The standard InChI is InChI=1S/C25H30N2O11/c1-6-8-17-11-26-23-18(9-7-10-27(23)24(17)32)37-25-22(36-16(5)31)21(35-15(4)30)20(34-14(3)29)19(38-25)12-33-13(2)28/h7,9-11,19-22,25H,6,8,12H2,1-5H3. The number of fused-ring (bicyclic) bond motifs is 1. The van der Waals surface area contributed by atoms with Crippen LogP contribution in [-0.2, 0) is 49.3 Å². The minimum absolute atomic E-state index is 0.0912. The van der Waals surface area contributed by atoms with Crippen LogP contribution in [0.2, 0.25) is 0 Å². The molecule has 0 spiro atoms. The lowest BCUT2D eigenvalue weighted by atomic mass is 9.98. The lowest BCUT2D eigenvalue weighted by molar-refractivity contribution is -0.288. The van der Waals surface area contributed by atoms with E-state index >= 15 is 0 Å². The van der Waals surface area contributed by atoms with Crippen molar-refractivity contribution in [3.63, 3.8) is 0 Å². The Morgan fingerprint density at radius 3 is 2.18 bits per heavy atom. The Morgan fingerprint density at radius 1 is 0.947 bits per heavy atom. The van der Waals surface area contributed by atoms with Crippen molar-refractivity contribution in [3.05, 3.63) is 40.4 Å². The van der Waals surface area contributed by atoms with Gasteiger partial charge in [-0.25, -0.2) is 4.98 Å². The summed E-state index contributed by atoms with van der Waals surface area (Å²) in [5.41, 5.74) is 0.406. The maximum absolute atomic E-state index is 12.9. The molecule has 0 bridgehead atoms. The highest BCUT2D eigenvalue weighted by Crippen LogP contribution is 2.31. The van der Waals surface area contributed by atoms with Crippen molar-refractivity contribution in [2.75, 3.05) is 6.61 Å². The number of carbonyl (C=O) groups is 4. The van der Waals surface area contributed by atoms with E-state index in [1.54, 1.807) is 6.07 Å². The third kappa shape index (κ3) is 6.85. The van der Waals surface area contributed by atoms with E-state index < -0.39 is 61.2 Å². The van der Waals surface area contributed by atoms with E-state index in [0.717, 1.165) is 27.2 Å². The fraction of sp³-hybridized carbons (Fsp3) is 0.520. The van der Waals surface area contributed by atoms with Gasteiger partial charge in [0, 0.05) is 45.7 Å². The quantitative estimate of drug-likeness (QED) is 0.334. The Morgan fingerprint density at radius 2 is 1.58 bits per heavy atom. The number of aryl methyl sites for hydroxylation is 1. The minimum atomic E-state index is -1.45. The first-order valence-corrected chi connectivity index (χ1v) is 12.0. The third-order valence-electron chi connectivity index (χ3n) is 5.48. The molecule has 0 radical (unpaired) electrons. The van der Waals surface area contributed by atoms with Crippen LogP contribution in [0.1, 0.15) is 46.6 Å². The predicted molar refractivity (Wildman–Crippen MR) is 128 cm³/mol. The van der Waals surface area contributed by atoms with Gasteiger partial charge in [0.25, 0.3) is 5.56 Å². The molecule has 0 N–H and O–H groups in total. The van der Waals surface area contributed by atoms with Gasteiger partial charge in [-0.2, -0.15) is 0 Å². The number of rotatable bonds is 9. The number of hydrogen-bond acceptors (Lipinski definition) is 12. The highest BCUT2D eigenvalue weighted by atomic mass is 16.7. The zero-order chi connectivity index (χ0) is 28.0. The summed E-state index contributed by atoms with van der Waals surface area (Å²) < 4.78 is 34.5. The van der Waals surface area contributed by atoms with Gasteiger partial charge in [0.15, 0.2) is 23.6 Å². The van der Waals surface area contributed by atoms with Crippen molar-refractivity contribution >= 4 is 29.5 Å². The second kappa shape index (κ2) is 12.5. The average molecular weight is 535 g/mol. The van der Waals surface area contributed by atoms with E-state index in [0.29, 0.717) is 12.0 Å². The number of esters is 4. The van der Waals surface area contributed by atoms with Crippen molar-refractivity contribution < 1.29 is 47.6 Å². The van der Waals surface area contributed by atoms with Gasteiger partial charge < -0.3 is 28.4 Å². The van der Waals surface area contributed by atoms with Crippen molar-refractivity contribution in [3.8, 4) is 5.75 Å². The van der Waals surface area contributed by atoms with Gasteiger partial charge in [-0.15, -0.1) is 0 Å². The molecule has 1 aliphatic heterocycles. The third-order valence-corrected chi connectivity index (χ3v) is 5.48. The van der Waals surface area contributed by atoms with Crippen LogP contribution in [0.5, 0.6) is 5.75 Å². The molecule has 13 heteroatoms. The van der Waals surface area contributed by atoms with Crippen molar-refractivity contribution in [2.45, 2.75) is 78.2 Å². The van der Waals surface area contributed by atoms with Crippen LogP contribution in [0.3, 0.4) is 0 Å². The number of ether oxygens (including phenoxy) is 6. The average Bonchev–Trinajstić information content (AvgIpc) is 2.83. The fourth-order valence-electron chi connectivity index (χ4n) is 4.06. The predicted octanol–water partition coefficient (Wildman–Crippen LogP) is 1.11. The molecular weight excluding hydrogens is 504 g/mol. The number of nitrogens with zero attached hydrogens (tertiary/aromatic N) is 2. The SMILES string of the molecule is CCCc1cnc2c(OC3OC(COC(C)=O)C(OC(C)=O)C(OC(C)=O)C3OC(C)=O)cccn2c1=O. The van der Waals surface area contributed by atoms with Crippen LogP contribution in [0.15, 0.2) is 29.3 Å². The summed E-state index contributed by atoms with van der Waals surface area (Å²) in [4.78, 5) is 64.6. The first kappa shape index (κ1) is 28.6. The number of aromatic nitrogens is 2. The molecule has 1 aliphatic rings. The summed E-state index contributed by atoms with van der Waals surface area (Å²) in [7, 11) is 0. The number of carbonyl (C=O) groups excluding carboxylic acids is 4. The molecule has 3 heterocycles. The molecule has 0 aliphatic carbocycles. The summed E-state index contributed by atoms with van der Waals surface area (Å²) >= 11 is 0. The number of hydrogen-bond donors (Lipinski definition) is 0. The molecular formula is C25H30N2O11. The van der Waals surface area contributed by atoms with Gasteiger partial charge in [0.05, 0.1) is 0 Å². The topological polar surface area (TPSA) is 158 Å². The van der Waals surface area contributed by atoms with E-state index in [-0.39, 0.29) is 17.0 Å². The van der Waals surface area contributed by atoms with Crippen LogP contribution >= 0.6 is 0 Å². The molecule has 0 aromatic carbocycles.